The summed E-state index contributed by atoms with van der Waals surface area (Å²) >= 11 is 0. The molecule has 0 radical (unpaired) electrons. The minimum absolute atomic E-state index is 0.0614. The molecule has 2 aromatic heterocycles. The van der Waals surface area contributed by atoms with Crippen molar-refractivity contribution in [2.45, 2.75) is 12.3 Å². The summed E-state index contributed by atoms with van der Waals surface area (Å²) in [5.74, 6) is -3.41. The van der Waals surface area contributed by atoms with Crippen LogP contribution in [0.25, 0.3) is 11.2 Å². The van der Waals surface area contributed by atoms with Crippen LogP contribution in [0.3, 0.4) is 0 Å². The number of nitrogen functional groups attached to an aromatic ring is 1. The molecule has 0 amide bonds. The molecule has 0 aliphatic carbocycles. The van der Waals surface area contributed by atoms with Gasteiger partial charge in [0.15, 0.2) is 11.5 Å². The summed E-state index contributed by atoms with van der Waals surface area (Å²) in [7, 11) is 0. The number of aromatic nitrogens is 4. The average Bonchev–Trinajstić information content (AvgIpc) is 2.94. The molecular formula is C12H15F4N7. The molecule has 23 heavy (non-hydrogen) atoms. The minimum Gasteiger partial charge on any atom is -0.368 e. The van der Waals surface area contributed by atoms with Gasteiger partial charge in [-0.3, -0.25) is 4.90 Å². The van der Waals surface area contributed by atoms with Crippen LogP contribution < -0.4 is 10.6 Å². The molecule has 1 aliphatic heterocycles. The molecular weight excluding hydrogens is 318 g/mol. The van der Waals surface area contributed by atoms with E-state index < -0.39 is 18.9 Å². The first-order valence-electron chi connectivity index (χ1n) is 6.96. The number of piperazine rings is 1. The number of nitrogens with two attached hydrogens (primary N) is 1. The lowest BCUT2D eigenvalue weighted by molar-refractivity contribution is -0.142. The van der Waals surface area contributed by atoms with E-state index in [0.717, 1.165) is 0 Å². The summed E-state index contributed by atoms with van der Waals surface area (Å²) in [6, 6.07) is 0. The molecule has 0 atom stereocenters. The van der Waals surface area contributed by atoms with Crippen molar-refractivity contribution in [2.24, 2.45) is 0 Å². The second-order valence-electron chi connectivity index (χ2n) is 5.33. The molecule has 11 heteroatoms. The van der Waals surface area contributed by atoms with E-state index in [1.807, 2.05) is 4.90 Å². The van der Waals surface area contributed by atoms with Crippen LogP contribution >= 0.6 is 0 Å². The van der Waals surface area contributed by atoms with Gasteiger partial charge in [0.05, 0.1) is 12.9 Å². The Morgan fingerprint density at radius 3 is 2.57 bits per heavy atom. The first-order valence-corrected chi connectivity index (χ1v) is 6.96. The molecule has 2 aromatic rings. The van der Waals surface area contributed by atoms with Crippen molar-refractivity contribution in [3.63, 3.8) is 0 Å². The Bertz CT molecular complexity index is 681. The molecule has 0 aromatic carbocycles. The standard InChI is InChI=1S/C12H15F4N7/c13-10(14)12(15,16)5-22-1-3-23(4-2-22)9-7-8(19-6-18-7)20-11(17)21-9/h6,10H,1-5H2,(H3,17,18,19,20,21). The van der Waals surface area contributed by atoms with Crippen LogP contribution in [-0.4, -0.2) is 69.9 Å². The maximum Gasteiger partial charge on any atom is 0.319 e. The van der Waals surface area contributed by atoms with Crippen LogP contribution in [0.5, 0.6) is 0 Å². The van der Waals surface area contributed by atoms with Crippen LogP contribution in [0.2, 0.25) is 0 Å². The summed E-state index contributed by atoms with van der Waals surface area (Å²) in [4.78, 5) is 18.2. The van der Waals surface area contributed by atoms with Crippen molar-refractivity contribution in [2.75, 3.05) is 43.4 Å². The molecule has 3 N–H and O–H groups in total. The second-order valence-corrected chi connectivity index (χ2v) is 5.33. The predicted molar refractivity (Wildman–Crippen MR) is 75.7 cm³/mol. The second kappa shape index (κ2) is 5.80. The molecule has 126 valence electrons. The van der Waals surface area contributed by atoms with E-state index in [-0.39, 0.29) is 19.0 Å². The number of imidazole rings is 1. The number of rotatable bonds is 4. The number of hydrogen-bond donors (Lipinski definition) is 2. The Labute approximate surface area is 128 Å². The topological polar surface area (TPSA) is 87.0 Å². The minimum atomic E-state index is -4.00. The van der Waals surface area contributed by atoms with Gasteiger partial charge >= 0.3 is 12.3 Å². The Hall–Kier alpha value is -2.17. The van der Waals surface area contributed by atoms with Crippen molar-refractivity contribution in [1.29, 1.82) is 0 Å². The van der Waals surface area contributed by atoms with Gasteiger partial charge < -0.3 is 15.6 Å². The fourth-order valence-electron chi connectivity index (χ4n) is 2.55. The number of nitrogens with zero attached hydrogens (tertiary/aromatic N) is 5. The molecule has 1 aliphatic rings. The van der Waals surface area contributed by atoms with Crippen molar-refractivity contribution in [3.8, 4) is 0 Å². The monoisotopic (exact) mass is 333 g/mol. The molecule has 0 saturated carbocycles. The van der Waals surface area contributed by atoms with Gasteiger partial charge in [-0.2, -0.15) is 18.7 Å². The zero-order valence-corrected chi connectivity index (χ0v) is 12.0. The van der Waals surface area contributed by atoms with Gasteiger partial charge in [0.2, 0.25) is 5.95 Å². The maximum atomic E-state index is 13.1. The van der Waals surface area contributed by atoms with E-state index in [1.165, 1.54) is 11.2 Å². The number of anilines is 2. The van der Waals surface area contributed by atoms with Crippen LogP contribution in [0.4, 0.5) is 29.3 Å². The number of aromatic amines is 1. The lowest BCUT2D eigenvalue weighted by Crippen LogP contribution is -2.51. The van der Waals surface area contributed by atoms with E-state index in [4.69, 9.17) is 5.73 Å². The van der Waals surface area contributed by atoms with Gasteiger partial charge in [-0.15, -0.1) is 0 Å². The highest BCUT2D eigenvalue weighted by atomic mass is 19.3. The average molecular weight is 333 g/mol. The number of halogens is 4. The summed E-state index contributed by atoms with van der Waals surface area (Å²) in [5, 5.41) is 0. The number of nitrogens with one attached hydrogen (secondary N) is 1. The van der Waals surface area contributed by atoms with Gasteiger partial charge in [0.25, 0.3) is 0 Å². The van der Waals surface area contributed by atoms with Crippen LogP contribution in [0.1, 0.15) is 0 Å². The fourth-order valence-corrected chi connectivity index (χ4v) is 2.55. The predicted octanol–water partition coefficient (Wildman–Crippen LogP) is 0.957. The van der Waals surface area contributed by atoms with Gasteiger partial charge in [0.1, 0.15) is 5.52 Å². The highest BCUT2D eigenvalue weighted by molar-refractivity contribution is 5.84. The first-order chi connectivity index (χ1) is 10.9. The Morgan fingerprint density at radius 1 is 1.22 bits per heavy atom. The third kappa shape index (κ3) is 3.14. The summed E-state index contributed by atoms with van der Waals surface area (Å²) in [5.41, 5.74) is 6.66. The largest absolute Gasteiger partial charge is 0.368 e. The molecule has 0 unspecified atom stereocenters. The van der Waals surface area contributed by atoms with Gasteiger partial charge in [-0.1, -0.05) is 0 Å². The number of fused-ring (bicyclic) bond motifs is 1. The Balaban J connectivity index is 1.70. The van der Waals surface area contributed by atoms with Crippen LogP contribution in [-0.2, 0) is 0 Å². The zero-order chi connectivity index (χ0) is 16.6. The third-order valence-electron chi connectivity index (χ3n) is 3.71. The molecule has 0 spiro atoms. The number of H-pyrrole nitrogens is 1. The SMILES string of the molecule is Nc1nc(N2CCN(CC(F)(F)C(F)F)CC2)c2[nH]cnc2n1. The normalized spacial score (nSPS) is 17.3. The van der Waals surface area contributed by atoms with Gasteiger partial charge in [0, 0.05) is 26.2 Å². The highest BCUT2D eigenvalue weighted by Crippen LogP contribution is 2.26. The lowest BCUT2D eigenvalue weighted by Gasteiger charge is -2.36. The van der Waals surface area contributed by atoms with E-state index >= 15 is 0 Å². The van der Waals surface area contributed by atoms with E-state index in [1.54, 1.807) is 0 Å². The summed E-state index contributed by atoms with van der Waals surface area (Å²) < 4.78 is 50.8. The van der Waals surface area contributed by atoms with Crippen molar-refractivity contribution < 1.29 is 17.6 Å². The quantitative estimate of drug-likeness (QED) is 0.811. The Kier molecular flexibility index (Phi) is 3.96. The van der Waals surface area contributed by atoms with Crippen molar-refractivity contribution in [3.05, 3.63) is 6.33 Å². The van der Waals surface area contributed by atoms with Gasteiger partial charge in [-0.05, 0) is 0 Å². The first kappa shape index (κ1) is 15.7. The highest BCUT2D eigenvalue weighted by Gasteiger charge is 2.42. The molecule has 7 nitrogen and oxygen atoms in total. The van der Waals surface area contributed by atoms with E-state index in [0.29, 0.717) is 30.1 Å². The molecule has 0 bridgehead atoms. The summed E-state index contributed by atoms with van der Waals surface area (Å²) in [6.45, 7) is 0.224. The van der Waals surface area contributed by atoms with E-state index in [9.17, 15) is 17.6 Å². The summed E-state index contributed by atoms with van der Waals surface area (Å²) in [6.07, 6.45) is -2.20. The van der Waals surface area contributed by atoms with E-state index in [2.05, 4.69) is 19.9 Å². The molecule has 3 rings (SSSR count). The third-order valence-corrected chi connectivity index (χ3v) is 3.71. The van der Waals surface area contributed by atoms with Crippen molar-refractivity contribution >= 4 is 22.9 Å². The zero-order valence-electron chi connectivity index (χ0n) is 12.0. The van der Waals surface area contributed by atoms with Gasteiger partial charge in [-0.25, -0.2) is 13.8 Å². The molecule has 1 saturated heterocycles. The molecule has 1 fully saturated rings. The van der Waals surface area contributed by atoms with Crippen LogP contribution in [0, 0.1) is 0 Å². The number of alkyl halides is 4. The number of hydrogen-bond acceptors (Lipinski definition) is 6. The maximum absolute atomic E-state index is 13.1. The lowest BCUT2D eigenvalue weighted by atomic mass is 10.2. The smallest absolute Gasteiger partial charge is 0.319 e. The Morgan fingerprint density at radius 2 is 1.91 bits per heavy atom. The van der Waals surface area contributed by atoms with Crippen LogP contribution in [0.15, 0.2) is 6.33 Å². The molecule has 3 heterocycles. The van der Waals surface area contributed by atoms with Crippen molar-refractivity contribution in [1.82, 2.24) is 24.8 Å². The fraction of sp³-hybridized carbons (Fsp3) is 0.583.